The standard InChI is InChI=1S/C11H10F6N2/c1-6(2)7(3)9(4-18,5-19)8(10(12,13)14)11(15,16)17/h7-8H,1H2,2-3H3. The van der Waals surface area contributed by atoms with Crippen LogP contribution in [-0.4, -0.2) is 12.4 Å². The summed E-state index contributed by atoms with van der Waals surface area (Å²) in [5.74, 6) is -5.63. The summed E-state index contributed by atoms with van der Waals surface area (Å²) in [6.45, 7) is 5.33. The molecule has 0 N–H and O–H groups in total. The normalized spacial score (nSPS) is 14.7. The highest BCUT2D eigenvalue weighted by Gasteiger charge is 2.69. The highest BCUT2D eigenvalue weighted by Crippen LogP contribution is 2.53. The molecular weight excluding hydrogens is 274 g/mol. The van der Waals surface area contributed by atoms with Crippen molar-refractivity contribution in [2.24, 2.45) is 17.3 Å². The Hall–Kier alpha value is -1.70. The van der Waals surface area contributed by atoms with Crippen LogP contribution < -0.4 is 0 Å². The number of alkyl halides is 6. The molecule has 0 aliphatic carbocycles. The van der Waals surface area contributed by atoms with Crippen LogP contribution in [0, 0.1) is 39.9 Å². The summed E-state index contributed by atoms with van der Waals surface area (Å²) < 4.78 is 75.9. The van der Waals surface area contributed by atoms with Gasteiger partial charge in [-0.2, -0.15) is 36.9 Å². The Morgan fingerprint density at radius 2 is 1.32 bits per heavy atom. The Morgan fingerprint density at radius 1 is 1.00 bits per heavy atom. The maximum Gasteiger partial charge on any atom is 0.403 e. The highest BCUT2D eigenvalue weighted by molar-refractivity contribution is 5.26. The Morgan fingerprint density at radius 3 is 1.47 bits per heavy atom. The molecule has 0 aromatic heterocycles. The van der Waals surface area contributed by atoms with Gasteiger partial charge in [0.2, 0.25) is 0 Å². The van der Waals surface area contributed by atoms with Crippen molar-refractivity contribution in [1.82, 2.24) is 0 Å². The molecule has 0 radical (unpaired) electrons. The molecule has 106 valence electrons. The number of nitrogens with zero attached hydrogens (tertiary/aromatic N) is 2. The van der Waals surface area contributed by atoms with Gasteiger partial charge in [0, 0.05) is 5.92 Å². The van der Waals surface area contributed by atoms with Crippen LogP contribution in [0.3, 0.4) is 0 Å². The van der Waals surface area contributed by atoms with E-state index >= 15 is 0 Å². The van der Waals surface area contributed by atoms with E-state index in [2.05, 4.69) is 6.58 Å². The van der Waals surface area contributed by atoms with Crippen LogP contribution in [-0.2, 0) is 0 Å². The minimum atomic E-state index is -5.76. The molecule has 0 aromatic rings. The predicted molar refractivity (Wildman–Crippen MR) is 53.2 cm³/mol. The van der Waals surface area contributed by atoms with Crippen molar-refractivity contribution >= 4 is 0 Å². The summed E-state index contributed by atoms with van der Waals surface area (Å²) in [4.78, 5) is 0. The van der Waals surface area contributed by atoms with E-state index in [-0.39, 0.29) is 5.57 Å². The van der Waals surface area contributed by atoms with Gasteiger partial charge in [0.05, 0.1) is 12.1 Å². The zero-order valence-electron chi connectivity index (χ0n) is 10.0. The lowest BCUT2D eigenvalue weighted by Crippen LogP contribution is -2.51. The molecule has 0 rings (SSSR count). The molecule has 1 unspecified atom stereocenters. The van der Waals surface area contributed by atoms with E-state index < -0.39 is 29.6 Å². The maximum absolute atomic E-state index is 12.7. The zero-order chi connectivity index (χ0) is 15.6. The summed E-state index contributed by atoms with van der Waals surface area (Å²) in [6.07, 6.45) is -11.5. The van der Waals surface area contributed by atoms with Gasteiger partial charge >= 0.3 is 12.4 Å². The van der Waals surface area contributed by atoms with Crippen LogP contribution in [0.1, 0.15) is 13.8 Å². The lowest BCUT2D eigenvalue weighted by molar-refractivity contribution is -0.305. The fraction of sp³-hybridized carbons (Fsp3) is 0.636. The Kier molecular flexibility index (Phi) is 4.66. The van der Waals surface area contributed by atoms with Crippen molar-refractivity contribution in [3.05, 3.63) is 12.2 Å². The molecule has 0 amide bonds. The van der Waals surface area contributed by atoms with Crippen LogP contribution in [0.25, 0.3) is 0 Å². The summed E-state index contributed by atoms with van der Waals surface area (Å²) in [7, 11) is 0. The zero-order valence-corrected chi connectivity index (χ0v) is 10.0. The van der Waals surface area contributed by atoms with E-state index in [0.717, 1.165) is 26.0 Å². The lowest BCUT2D eigenvalue weighted by atomic mass is 9.66. The largest absolute Gasteiger partial charge is 0.403 e. The van der Waals surface area contributed by atoms with Crippen molar-refractivity contribution < 1.29 is 26.3 Å². The molecule has 0 heterocycles. The third-order valence-corrected chi connectivity index (χ3v) is 2.90. The summed E-state index contributed by atoms with van der Waals surface area (Å²) >= 11 is 0. The molecular formula is C11H10F6N2. The molecule has 0 aliphatic heterocycles. The molecule has 0 fully saturated rings. The predicted octanol–water partition coefficient (Wildman–Crippen LogP) is 3.97. The third-order valence-electron chi connectivity index (χ3n) is 2.90. The van der Waals surface area contributed by atoms with Crippen molar-refractivity contribution in [2.45, 2.75) is 26.2 Å². The Balaban J connectivity index is 6.21. The molecule has 0 bridgehead atoms. The van der Waals surface area contributed by atoms with E-state index in [0.29, 0.717) is 0 Å². The van der Waals surface area contributed by atoms with Gasteiger partial charge in [-0.25, -0.2) is 0 Å². The second-order valence-electron chi connectivity index (χ2n) is 4.18. The first-order valence-corrected chi connectivity index (χ1v) is 4.96. The molecule has 0 aliphatic rings. The molecule has 0 saturated carbocycles. The molecule has 8 heteroatoms. The van der Waals surface area contributed by atoms with Crippen LogP contribution in [0.2, 0.25) is 0 Å². The van der Waals surface area contributed by atoms with Gasteiger partial charge < -0.3 is 0 Å². The molecule has 0 aromatic carbocycles. The summed E-state index contributed by atoms with van der Waals surface area (Å²) in [6, 6.07) is 1.80. The van der Waals surface area contributed by atoms with E-state index in [9.17, 15) is 26.3 Å². The van der Waals surface area contributed by atoms with Crippen molar-refractivity contribution in [1.29, 1.82) is 10.5 Å². The summed E-state index contributed by atoms with van der Waals surface area (Å²) in [5, 5.41) is 17.6. The topological polar surface area (TPSA) is 47.6 Å². The lowest BCUT2D eigenvalue weighted by Gasteiger charge is -2.36. The van der Waals surface area contributed by atoms with Gasteiger partial charge in [0.25, 0.3) is 0 Å². The molecule has 19 heavy (non-hydrogen) atoms. The van der Waals surface area contributed by atoms with Crippen molar-refractivity contribution in [3.63, 3.8) is 0 Å². The Labute approximate surface area is 105 Å². The fourth-order valence-electron chi connectivity index (χ4n) is 1.69. The first kappa shape index (κ1) is 17.3. The summed E-state index contributed by atoms with van der Waals surface area (Å²) in [5.41, 5.74) is -3.40. The average Bonchev–Trinajstić information content (AvgIpc) is 2.20. The monoisotopic (exact) mass is 284 g/mol. The van der Waals surface area contributed by atoms with Gasteiger partial charge in [-0.3, -0.25) is 0 Å². The minimum Gasteiger partial charge on any atom is -0.197 e. The number of hydrogen-bond acceptors (Lipinski definition) is 2. The number of rotatable bonds is 3. The highest BCUT2D eigenvalue weighted by atomic mass is 19.4. The van der Waals surface area contributed by atoms with E-state index in [4.69, 9.17) is 10.5 Å². The van der Waals surface area contributed by atoms with Crippen molar-refractivity contribution in [3.8, 4) is 12.1 Å². The van der Waals surface area contributed by atoms with Gasteiger partial charge in [-0.1, -0.05) is 19.1 Å². The number of hydrogen-bond donors (Lipinski definition) is 0. The average molecular weight is 284 g/mol. The number of allylic oxidation sites excluding steroid dienone is 1. The first-order valence-electron chi connectivity index (χ1n) is 4.96. The fourth-order valence-corrected chi connectivity index (χ4v) is 1.69. The van der Waals surface area contributed by atoms with Crippen LogP contribution in [0.5, 0.6) is 0 Å². The minimum absolute atomic E-state index is 0.110. The maximum atomic E-state index is 12.7. The molecule has 0 spiro atoms. The molecule has 0 saturated heterocycles. The van der Waals surface area contributed by atoms with Crippen molar-refractivity contribution in [2.75, 3.05) is 0 Å². The van der Waals surface area contributed by atoms with Crippen LogP contribution >= 0.6 is 0 Å². The number of nitriles is 2. The van der Waals surface area contributed by atoms with Gasteiger partial charge in [0.15, 0.2) is 11.3 Å². The second-order valence-corrected chi connectivity index (χ2v) is 4.18. The molecule has 2 nitrogen and oxygen atoms in total. The van der Waals surface area contributed by atoms with Gasteiger partial charge in [-0.05, 0) is 6.92 Å². The van der Waals surface area contributed by atoms with E-state index in [1.54, 1.807) is 0 Å². The smallest absolute Gasteiger partial charge is 0.197 e. The molecule has 1 atom stereocenters. The quantitative estimate of drug-likeness (QED) is 0.581. The van der Waals surface area contributed by atoms with Gasteiger partial charge in [0.1, 0.15) is 0 Å². The van der Waals surface area contributed by atoms with E-state index in [1.165, 1.54) is 0 Å². The van der Waals surface area contributed by atoms with Gasteiger partial charge in [-0.15, -0.1) is 0 Å². The van der Waals surface area contributed by atoms with Crippen LogP contribution in [0.15, 0.2) is 12.2 Å². The third kappa shape index (κ3) is 3.19. The second kappa shape index (κ2) is 5.12. The van der Waals surface area contributed by atoms with Crippen LogP contribution in [0.4, 0.5) is 26.3 Å². The van der Waals surface area contributed by atoms with E-state index in [1.807, 2.05) is 0 Å². The Bertz CT molecular complexity index is 406. The number of halogens is 6. The first-order chi connectivity index (χ1) is 8.34. The SMILES string of the molecule is C=C(C)C(C)C(C#N)(C#N)C(C(F)(F)F)C(F)(F)F.